The fourth-order valence-corrected chi connectivity index (χ4v) is 0. The first kappa shape index (κ1) is 42.6. The summed E-state index contributed by atoms with van der Waals surface area (Å²) in [7, 11) is 0. The molecule has 0 amide bonds. The molecule has 0 unspecified atom stereocenters. The van der Waals surface area contributed by atoms with Gasteiger partial charge in [-0.05, 0) is 0 Å². The first-order valence-corrected chi connectivity index (χ1v) is 0. The normalized spacial score (nSPS) is 0. The first-order valence-electron chi connectivity index (χ1n) is 0. The van der Waals surface area contributed by atoms with Crippen LogP contribution in [0.15, 0.2) is 0 Å². The van der Waals surface area contributed by atoms with Gasteiger partial charge in [0.2, 0.25) is 0 Å². The van der Waals surface area contributed by atoms with E-state index < -0.39 is 0 Å². The first-order chi connectivity index (χ1) is 0. The van der Waals surface area contributed by atoms with Crippen LogP contribution >= 0.6 is 0 Å². The van der Waals surface area contributed by atoms with Gasteiger partial charge in [-0.25, -0.2) is 0 Å². The van der Waals surface area contributed by atoms with E-state index in [1.54, 1.807) is 0 Å². The molecule has 0 fully saturated rings. The molecule has 0 atom stereocenters. The van der Waals surface area contributed by atoms with Crippen LogP contribution in [0.2, 0.25) is 0 Å². The van der Waals surface area contributed by atoms with Crippen LogP contribution in [0, 0.1) is 7.43 Å². The summed E-state index contributed by atoms with van der Waals surface area (Å²) in [5.74, 6) is 0. The second kappa shape index (κ2) is 21.9. The van der Waals surface area contributed by atoms with Crippen LogP contribution in [0.25, 0.3) is 0 Å². The summed E-state index contributed by atoms with van der Waals surface area (Å²) in [5.41, 5.74) is 0. The standard InChI is InChI=1S/C.Cr.Mn.Mo. The molecule has 0 aliphatic rings. The van der Waals surface area contributed by atoms with Gasteiger partial charge >= 0.3 is 0 Å². The molecule has 0 aromatic carbocycles. The van der Waals surface area contributed by atoms with E-state index in [1.165, 1.54) is 0 Å². The van der Waals surface area contributed by atoms with E-state index in [2.05, 4.69) is 0 Å². The fourth-order valence-electron chi connectivity index (χ4n) is 0. The molecular weight excluding hydrogens is 215 g/mol. The van der Waals surface area contributed by atoms with Crippen LogP contribution in [0.3, 0.4) is 0 Å². The van der Waals surface area contributed by atoms with Crippen molar-refractivity contribution in [1.82, 2.24) is 0 Å². The van der Waals surface area contributed by atoms with Gasteiger partial charge < -0.3 is 0 Å². The summed E-state index contributed by atoms with van der Waals surface area (Å²) < 4.78 is 0. The molecule has 0 N–H and O–H groups in total. The molecular formula is CCrMnMo. The van der Waals surface area contributed by atoms with Crippen LogP contribution in [0.4, 0.5) is 0 Å². The number of hydrogen-bond donors (Lipinski definition) is 0. The van der Waals surface area contributed by atoms with Crippen molar-refractivity contribution >= 4 is 0 Å². The molecule has 0 heterocycles. The summed E-state index contributed by atoms with van der Waals surface area (Å²) in [6, 6.07) is 0. The predicted octanol–water partition coefficient (Wildman–Crippen LogP) is 0.0738. The van der Waals surface area contributed by atoms with E-state index in [0.717, 1.165) is 0 Å². The summed E-state index contributed by atoms with van der Waals surface area (Å²) in [4.78, 5) is 0. The van der Waals surface area contributed by atoms with Crippen LogP contribution in [-0.4, -0.2) is 0 Å². The maximum atomic E-state index is 0. The molecule has 23 valence electrons. The molecule has 4 heavy (non-hydrogen) atoms. The maximum absolute atomic E-state index is 0. The summed E-state index contributed by atoms with van der Waals surface area (Å²) in [6.45, 7) is 0. The van der Waals surface area contributed by atoms with Gasteiger partial charge in [0, 0.05) is 62.9 Å². The Morgan fingerprint density at radius 2 is 1.00 bits per heavy atom. The third-order valence-electron chi connectivity index (χ3n) is 0. The molecule has 0 aliphatic carbocycles. The van der Waals surface area contributed by atoms with Crippen LogP contribution in [-0.2, 0) is 55.5 Å². The minimum absolute atomic E-state index is 0. The summed E-state index contributed by atoms with van der Waals surface area (Å²) in [5, 5.41) is 0. The summed E-state index contributed by atoms with van der Waals surface area (Å²) in [6.07, 6.45) is 0. The molecule has 0 saturated heterocycles. The molecule has 0 bridgehead atoms. The smallest absolute Gasteiger partial charge is 0 e. The van der Waals surface area contributed by atoms with Crippen LogP contribution < -0.4 is 0 Å². The third-order valence-corrected chi connectivity index (χ3v) is 0. The van der Waals surface area contributed by atoms with Crippen molar-refractivity contribution < 1.29 is 55.5 Å². The SMILES string of the molecule is [C].[Cr].[Mn].[Mo]. The molecule has 0 spiro atoms. The van der Waals surface area contributed by atoms with Crippen molar-refractivity contribution in [2.45, 2.75) is 0 Å². The Hall–Kier alpha value is 1.74. The monoisotopic (exact) mass is 217 g/mol. The molecule has 0 saturated carbocycles. The fraction of sp³-hybridized carbons (Fsp3) is 0. The zero-order chi connectivity index (χ0) is 0. The molecule has 0 aromatic rings. The van der Waals surface area contributed by atoms with Gasteiger partial charge in [-0.3, -0.25) is 0 Å². The van der Waals surface area contributed by atoms with Gasteiger partial charge in [-0.15, -0.1) is 0 Å². The van der Waals surface area contributed by atoms with Crippen molar-refractivity contribution in [3.8, 4) is 0 Å². The van der Waals surface area contributed by atoms with Gasteiger partial charge in [0.15, 0.2) is 0 Å². The zero-order valence-corrected chi connectivity index (χ0v) is 6.16. The average molecular weight is 215 g/mol. The topological polar surface area (TPSA) is 0 Å². The van der Waals surface area contributed by atoms with Crippen LogP contribution in [0.1, 0.15) is 0 Å². The van der Waals surface area contributed by atoms with Crippen molar-refractivity contribution in [3.63, 3.8) is 0 Å². The van der Waals surface area contributed by atoms with Gasteiger partial charge in [-0.1, -0.05) is 0 Å². The van der Waals surface area contributed by atoms with Gasteiger partial charge in [0.25, 0.3) is 0 Å². The number of hydrogen-bond acceptors (Lipinski definition) is 0. The Morgan fingerprint density at radius 1 is 1.00 bits per heavy atom. The van der Waals surface area contributed by atoms with E-state index in [1.807, 2.05) is 0 Å². The van der Waals surface area contributed by atoms with Gasteiger partial charge in [-0.2, -0.15) is 0 Å². The minimum Gasteiger partial charge on any atom is 0 e. The molecule has 0 nitrogen and oxygen atoms in total. The van der Waals surface area contributed by atoms with E-state index >= 15 is 0 Å². The number of rotatable bonds is 0. The van der Waals surface area contributed by atoms with Crippen molar-refractivity contribution in [2.75, 3.05) is 0 Å². The largest absolute Gasteiger partial charge is 0 e. The van der Waals surface area contributed by atoms with Crippen LogP contribution in [0.5, 0.6) is 0 Å². The Bertz CT molecular complexity index is 8.00. The molecule has 0 rings (SSSR count). The van der Waals surface area contributed by atoms with Gasteiger partial charge in [0.05, 0.1) is 0 Å². The Balaban J connectivity index is 0. The Morgan fingerprint density at radius 3 is 1.00 bits per heavy atom. The zero-order valence-electron chi connectivity index (χ0n) is 1.69. The quantitative estimate of drug-likeness (QED) is 0.501. The molecule has 3 heteroatoms. The second-order valence-corrected chi connectivity index (χ2v) is 0. The summed E-state index contributed by atoms with van der Waals surface area (Å²) >= 11 is 0. The molecule has 5 radical (unpaired) electrons. The van der Waals surface area contributed by atoms with Crippen molar-refractivity contribution in [1.29, 1.82) is 0 Å². The Kier molecular flexibility index (Phi) is 233. The molecule has 0 aliphatic heterocycles. The maximum Gasteiger partial charge on any atom is 0 e. The van der Waals surface area contributed by atoms with Gasteiger partial charge in [0.1, 0.15) is 0 Å². The van der Waals surface area contributed by atoms with Crippen molar-refractivity contribution in [2.24, 2.45) is 0 Å². The van der Waals surface area contributed by atoms with Crippen molar-refractivity contribution in [3.05, 3.63) is 7.43 Å². The minimum atomic E-state index is 0. The van der Waals surface area contributed by atoms with E-state index in [-0.39, 0.29) is 62.9 Å². The van der Waals surface area contributed by atoms with E-state index in [9.17, 15) is 0 Å². The third kappa shape index (κ3) is 9.27. The predicted molar refractivity (Wildman–Crippen MR) is 3.24 cm³/mol. The van der Waals surface area contributed by atoms with E-state index in [0.29, 0.717) is 0 Å². The second-order valence-electron chi connectivity index (χ2n) is 0. The van der Waals surface area contributed by atoms with E-state index in [4.69, 9.17) is 0 Å². The average Bonchev–Trinajstić information content (AvgIpc) is 0. The Labute approximate surface area is 62.6 Å². The molecule has 0 aromatic heterocycles.